The lowest BCUT2D eigenvalue weighted by atomic mass is 10.2. The molecule has 0 spiro atoms. The van der Waals surface area contributed by atoms with Crippen molar-refractivity contribution in [3.63, 3.8) is 0 Å². The Bertz CT molecular complexity index is 693. The van der Waals surface area contributed by atoms with E-state index < -0.39 is 0 Å². The predicted octanol–water partition coefficient (Wildman–Crippen LogP) is 1.53. The van der Waals surface area contributed by atoms with E-state index in [9.17, 15) is 0 Å². The highest BCUT2D eigenvalue weighted by Gasteiger charge is 2.19. The monoisotopic (exact) mass is 274 g/mol. The van der Waals surface area contributed by atoms with Gasteiger partial charge in [0.1, 0.15) is 17.1 Å². The van der Waals surface area contributed by atoms with Crippen molar-refractivity contribution in [1.29, 1.82) is 5.41 Å². The summed E-state index contributed by atoms with van der Waals surface area (Å²) in [7, 11) is 1.74. The Kier molecular flexibility index (Phi) is 2.74. The van der Waals surface area contributed by atoms with Crippen molar-refractivity contribution in [2.75, 3.05) is 6.79 Å². The topological polar surface area (TPSA) is 95.4 Å². The minimum absolute atomic E-state index is 0.0775. The average molecular weight is 274 g/mol. The van der Waals surface area contributed by atoms with Crippen LogP contribution in [0.4, 0.5) is 0 Å². The van der Waals surface area contributed by atoms with Crippen LogP contribution in [0.25, 0.3) is 0 Å². The lowest BCUT2D eigenvalue weighted by Crippen LogP contribution is -2.13. The summed E-state index contributed by atoms with van der Waals surface area (Å²) in [5.41, 5.74) is 6.72. The zero-order valence-corrected chi connectivity index (χ0v) is 11.1. The number of aromatic nitrogens is 2. The average Bonchev–Trinajstić information content (AvgIpc) is 2.94. The van der Waals surface area contributed by atoms with Gasteiger partial charge in [0.15, 0.2) is 11.5 Å². The van der Waals surface area contributed by atoms with Gasteiger partial charge in [-0.3, -0.25) is 5.41 Å². The number of ether oxygens (including phenoxy) is 3. The summed E-state index contributed by atoms with van der Waals surface area (Å²) in [5.74, 6) is 2.23. The Morgan fingerprint density at radius 1 is 1.40 bits per heavy atom. The molecule has 0 unspecified atom stereocenters. The first-order valence-electron chi connectivity index (χ1n) is 6.01. The Balaban J connectivity index is 1.97. The summed E-state index contributed by atoms with van der Waals surface area (Å²) in [5, 5.41) is 11.8. The quantitative estimate of drug-likeness (QED) is 0.653. The summed E-state index contributed by atoms with van der Waals surface area (Å²) in [6.07, 6.45) is 0. The molecule has 0 fully saturated rings. The van der Waals surface area contributed by atoms with Crippen molar-refractivity contribution < 1.29 is 14.2 Å². The third-order valence-electron chi connectivity index (χ3n) is 3.00. The van der Waals surface area contributed by atoms with Crippen LogP contribution in [0.15, 0.2) is 18.2 Å². The van der Waals surface area contributed by atoms with Crippen molar-refractivity contribution in [2.24, 2.45) is 12.8 Å². The van der Waals surface area contributed by atoms with Crippen molar-refractivity contribution in [2.45, 2.75) is 6.92 Å². The van der Waals surface area contributed by atoms with Crippen LogP contribution in [-0.4, -0.2) is 22.4 Å². The van der Waals surface area contributed by atoms with Gasteiger partial charge in [-0.2, -0.15) is 5.10 Å². The zero-order valence-electron chi connectivity index (χ0n) is 11.1. The fraction of sp³-hybridized carbons (Fsp3) is 0.231. The molecule has 1 aromatic carbocycles. The third kappa shape index (κ3) is 1.93. The molecular weight excluding hydrogens is 260 g/mol. The molecule has 0 atom stereocenters. The van der Waals surface area contributed by atoms with Crippen LogP contribution < -0.4 is 19.9 Å². The van der Waals surface area contributed by atoms with E-state index in [4.69, 9.17) is 25.4 Å². The third-order valence-corrected chi connectivity index (χ3v) is 3.00. The molecule has 20 heavy (non-hydrogen) atoms. The highest BCUT2D eigenvalue weighted by Crippen LogP contribution is 2.37. The smallest absolute Gasteiger partial charge is 0.231 e. The number of hydrogen-bond acceptors (Lipinski definition) is 5. The molecule has 0 radical (unpaired) electrons. The van der Waals surface area contributed by atoms with Crippen molar-refractivity contribution in [1.82, 2.24) is 9.78 Å². The van der Waals surface area contributed by atoms with Gasteiger partial charge >= 0.3 is 0 Å². The summed E-state index contributed by atoms with van der Waals surface area (Å²) in [6, 6.07) is 5.27. The maximum Gasteiger partial charge on any atom is 0.231 e. The molecule has 7 heteroatoms. The van der Waals surface area contributed by atoms with Gasteiger partial charge in [-0.25, -0.2) is 4.68 Å². The van der Waals surface area contributed by atoms with Gasteiger partial charge < -0.3 is 19.9 Å². The first kappa shape index (κ1) is 12.3. The van der Waals surface area contributed by atoms with Crippen LogP contribution in [0.1, 0.15) is 11.3 Å². The number of nitrogens with two attached hydrogens (primary N) is 1. The Morgan fingerprint density at radius 3 is 2.90 bits per heavy atom. The first-order valence-corrected chi connectivity index (χ1v) is 6.01. The molecule has 0 saturated carbocycles. The van der Waals surface area contributed by atoms with Crippen LogP contribution in [-0.2, 0) is 7.05 Å². The molecule has 1 aromatic heterocycles. The van der Waals surface area contributed by atoms with E-state index in [1.165, 1.54) is 0 Å². The van der Waals surface area contributed by atoms with Crippen LogP contribution in [0.3, 0.4) is 0 Å². The zero-order chi connectivity index (χ0) is 14.3. The number of aryl methyl sites for hydroxylation is 2. The number of nitrogens with one attached hydrogen (secondary N) is 1. The molecule has 0 saturated heterocycles. The lowest BCUT2D eigenvalue weighted by Gasteiger charge is -2.08. The highest BCUT2D eigenvalue weighted by atomic mass is 16.7. The number of benzene rings is 1. The van der Waals surface area contributed by atoms with Gasteiger partial charge in [-0.1, -0.05) is 0 Å². The van der Waals surface area contributed by atoms with Gasteiger partial charge in [0.25, 0.3) is 0 Å². The molecule has 0 bridgehead atoms. The fourth-order valence-corrected chi connectivity index (χ4v) is 2.12. The van der Waals surface area contributed by atoms with Gasteiger partial charge in [-0.05, 0) is 19.1 Å². The number of nitrogens with zero attached hydrogens (tertiary/aromatic N) is 2. The van der Waals surface area contributed by atoms with E-state index >= 15 is 0 Å². The van der Waals surface area contributed by atoms with E-state index in [0.717, 1.165) is 0 Å². The van der Waals surface area contributed by atoms with Crippen LogP contribution in [0.2, 0.25) is 0 Å². The van der Waals surface area contributed by atoms with Crippen molar-refractivity contribution in [3.8, 4) is 23.1 Å². The van der Waals surface area contributed by atoms with E-state index in [0.29, 0.717) is 34.4 Å². The predicted molar refractivity (Wildman–Crippen MR) is 71.6 cm³/mol. The van der Waals surface area contributed by atoms with Crippen LogP contribution in [0, 0.1) is 12.3 Å². The standard InChI is InChI=1S/C13H14N4O3/c1-7-11(12(14)15)13(17(2)16-7)20-8-3-4-9-10(5-8)19-6-18-9/h3-5H,6H2,1-2H3,(H3,14,15). The SMILES string of the molecule is Cc1nn(C)c(Oc2ccc3c(c2)OCO3)c1C(=N)N. The molecule has 7 nitrogen and oxygen atoms in total. The molecule has 0 aliphatic carbocycles. The van der Waals surface area contributed by atoms with E-state index in [1.54, 1.807) is 36.9 Å². The maximum absolute atomic E-state index is 7.62. The Labute approximate surface area is 115 Å². The Hall–Kier alpha value is -2.70. The van der Waals surface area contributed by atoms with E-state index in [-0.39, 0.29) is 12.6 Å². The summed E-state index contributed by atoms with van der Waals surface area (Å²) in [6.45, 7) is 1.99. The largest absolute Gasteiger partial charge is 0.454 e. The first-order chi connectivity index (χ1) is 9.56. The molecule has 2 heterocycles. The van der Waals surface area contributed by atoms with Gasteiger partial charge in [-0.15, -0.1) is 0 Å². The molecule has 1 aliphatic heterocycles. The molecule has 3 N–H and O–H groups in total. The number of rotatable bonds is 3. The molecule has 0 amide bonds. The summed E-state index contributed by atoms with van der Waals surface area (Å²) >= 11 is 0. The fourth-order valence-electron chi connectivity index (χ4n) is 2.12. The van der Waals surface area contributed by atoms with Crippen LogP contribution >= 0.6 is 0 Å². The highest BCUT2D eigenvalue weighted by molar-refractivity contribution is 5.98. The van der Waals surface area contributed by atoms with Gasteiger partial charge in [0.2, 0.25) is 12.7 Å². The molecule has 3 rings (SSSR count). The lowest BCUT2D eigenvalue weighted by molar-refractivity contribution is 0.174. The maximum atomic E-state index is 7.62. The van der Waals surface area contributed by atoms with Crippen LogP contribution in [0.5, 0.6) is 23.1 Å². The molecule has 2 aromatic rings. The second-order valence-electron chi connectivity index (χ2n) is 4.42. The number of fused-ring (bicyclic) bond motifs is 1. The molecular formula is C13H14N4O3. The molecule has 104 valence electrons. The minimum atomic E-state index is -0.0775. The second kappa shape index (κ2) is 4.44. The van der Waals surface area contributed by atoms with Crippen molar-refractivity contribution >= 4 is 5.84 Å². The van der Waals surface area contributed by atoms with Gasteiger partial charge in [0, 0.05) is 13.1 Å². The summed E-state index contributed by atoms with van der Waals surface area (Å²) in [4.78, 5) is 0. The summed E-state index contributed by atoms with van der Waals surface area (Å²) < 4.78 is 17.9. The number of amidine groups is 1. The van der Waals surface area contributed by atoms with Crippen molar-refractivity contribution in [3.05, 3.63) is 29.5 Å². The number of hydrogen-bond donors (Lipinski definition) is 2. The minimum Gasteiger partial charge on any atom is -0.454 e. The van der Waals surface area contributed by atoms with E-state index in [1.807, 2.05) is 0 Å². The van der Waals surface area contributed by atoms with E-state index in [2.05, 4.69) is 5.10 Å². The Morgan fingerprint density at radius 2 is 2.15 bits per heavy atom. The number of nitrogen functional groups attached to an aromatic ring is 1. The molecule has 1 aliphatic rings. The van der Waals surface area contributed by atoms with Gasteiger partial charge in [0.05, 0.1) is 5.69 Å². The second-order valence-corrected chi connectivity index (χ2v) is 4.42. The normalized spacial score (nSPS) is 12.5.